The lowest BCUT2D eigenvalue weighted by molar-refractivity contribution is -0.126. The minimum absolute atomic E-state index is 0.251. The number of hydrogen-bond donors (Lipinski definition) is 3. The number of hydroxylamine groups is 1. The van der Waals surface area contributed by atoms with Crippen LogP contribution in [0, 0.1) is 0 Å². The van der Waals surface area contributed by atoms with E-state index in [1.54, 1.807) is 24.3 Å². The van der Waals surface area contributed by atoms with Crippen LogP contribution in [0.5, 0.6) is 0 Å². The van der Waals surface area contributed by atoms with Crippen LogP contribution in [-0.2, 0) is 9.63 Å². The normalized spacial score (nSPS) is 9.53. The zero-order valence-electron chi connectivity index (χ0n) is 9.12. The van der Waals surface area contributed by atoms with E-state index in [0.29, 0.717) is 10.7 Å². The minimum Gasteiger partial charge on any atom is -0.357 e. The maximum atomic E-state index is 11.3. The summed E-state index contributed by atoms with van der Waals surface area (Å²) in [5.74, 6) is -0.340. The average molecular weight is 258 g/mol. The Morgan fingerprint density at radius 3 is 2.82 bits per heavy atom. The number of anilines is 1. The molecule has 1 rings (SSSR count). The van der Waals surface area contributed by atoms with E-state index >= 15 is 0 Å². The van der Waals surface area contributed by atoms with Gasteiger partial charge in [0.2, 0.25) is 5.91 Å². The van der Waals surface area contributed by atoms with E-state index in [1.807, 2.05) is 0 Å². The van der Waals surface area contributed by atoms with Crippen molar-refractivity contribution in [2.75, 3.05) is 19.0 Å². The van der Waals surface area contributed by atoms with Crippen LogP contribution in [0.15, 0.2) is 24.3 Å². The molecule has 0 unspecified atom stereocenters. The van der Waals surface area contributed by atoms with Crippen LogP contribution in [0.4, 0.5) is 10.5 Å². The van der Waals surface area contributed by atoms with Crippen molar-refractivity contribution in [1.29, 1.82) is 0 Å². The fraction of sp³-hybridized carbons (Fsp3) is 0.200. The maximum Gasteiger partial charge on any atom is 0.343 e. The number of nitrogens with one attached hydrogen (secondary N) is 3. The van der Waals surface area contributed by atoms with Crippen molar-refractivity contribution >= 4 is 29.2 Å². The quantitative estimate of drug-likeness (QED) is 0.708. The summed E-state index contributed by atoms with van der Waals surface area (Å²) in [6, 6.07) is 6.05. The van der Waals surface area contributed by atoms with E-state index in [2.05, 4.69) is 21.0 Å². The van der Waals surface area contributed by atoms with Crippen LogP contribution in [0.1, 0.15) is 0 Å². The fourth-order valence-electron chi connectivity index (χ4n) is 0.962. The zero-order chi connectivity index (χ0) is 12.7. The lowest BCUT2D eigenvalue weighted by atomic mass is 10.3. The molecule has 0 atom stereocenters. The summed E-state index contributed by atoms with van der Waals surface area (Å²) in [6.07, 6.45) is 0. The first-order valence-electron chi connectivity index (χ1n) is 4.76. The van der Waals surface area contributed by atoms with Gasteiger partial charge < -0.3 is 10.6 Å². The van der Waals surface area contributed by atoms with Crippen LogP contribution in [0.25, 0.3) is 0 Å². The lowest BCUT2D eigenvalue weighted by Gasteiger charge is -2.07. The highest BCUT2D eigenvalue weighted by molar-refractivity contribution is 6.30. The molecule has 0 aliphatic rings. The van der Waals surface area contributed by atoms with Crippen molar-refractivity contribution in [1.82, 2.24) is 10.8 Å². The molecular formula is C10H12ClN3O3. The van der Waals surface area contributed by atoms with E-state index < -0.39 is 6.03 Å². The van der Waals surface area contributed by atoms with Crippen molar-refractivity contribution < 1.29 is 14.4 Å². The molecule has 6 nitrogen and oxygen atoms in total. The Labute approximate surface area is 103 Å². The van der Waals surface area contributed by atoms with Gasteiger partial charge in [-0.1, -0.05) is 17.7 Å². The molecule has 0 saturated carbocycles. The Balaban J connectivity index is 2.32. The summed E-state index contributed by atoms with van der Waals surface area (Å²) in [4.78, 5) is 26.7. The third kappa shape index (κ3) is 5.19. The molecule has 3 amide bonds. The highest BCUT2D eigenvalue weighted by atomic mass is 35.5. The summed E-state index contributed by atoms with van der Waals surface area (Å²) >= 11 is 5.74. The SMILES string of the molecule is CNC(=O)CONC(=O)Nc1cccc(Cl)c1. The van der Waals surface area contributed by atoms with Crippen molar-refractivity contribution in [2.24, 2.45) is 0 Å². The Morgan fingerprint density at radius 2 is 2.18 bits per heavy atom. The second kappa shape index (κ2) is 6.72. The number of benzene rings is 1. The molecule has 0 saturated heterocycles. The molecule has 0 aromatic heterocycles. The molecule has 0 heterocycles. The van der Waals surface area contributed by atoms with Crippen molar-refractivity contribution in [2.45, 2.75) is 0 Å². The molecule has 0 spiro atoms. The molecule has 0 aliphatic heterocycles. The first kappa shape index (κ1) is 13.3. The van der Waals surface area contributed by atoms with Gasteiger partial charge in [-0.25, -0.2) is 10.3 Å². The number of rotatable bonds is 4. The fourth-order valence-corrected chi connectivity index (χ4v) is 1.15. The van der Waals surface area contributed by atoms with Gasteiger partial charge in [0.15, 0.2) is 6.61 Å². The number of hydrogen-bond acceptors (Lipinski definition) is 3. The monoisotopic (exact) mass is 257 g/mol. The van der Waals surface area contributed by atoms with Gasteiger partial charge in [-0.3, -0.25) is 9.63 Å². The topological polar surface area (TPSA) is 79.5 Å². The summed E-state index contributed by atoms with van der Waals surface area (Å²) in [6.45, 7) is -0.251. The Kier molecular flexibility index (Phi) is 5.25. The van der Waals surface area contributed by atoms with E-state index in [-0.39, 0.29) is 12.5 Å². The first-order valence-corrected chi connectivity index (χ1v) is 5.14. The maximum absolute atomic E-state index is 11.3. The molecule has 1 aromatic carbocycles. The lowest BCUT2D eigenvalue weighted by Crippen LogP contribution is -2.33. The van der Waals surface area contributed by atoms with Gasteiger partial charge in [0, 0.05) is 17.8 Å². The minimum atomic E-state index is -0.587. The number of amides is 3. The Hall–Kier alpha value is -1.79. The smallest absolute Gasteiger partial charge is 0.343 e. The largest absolute Gasteiger partial charge is 0.357 e. The van der Waals surface area contributed by atoms with Crippen LogP contribution in [0.2, 0.25) is 5.02 Å². The van der Waals surface area contributed by atoms with Gasteiger partial charge >= 0.3 is 6.03 Å². The predicted octanol–water partition coefficient (Wildman–Crippen LogP) is 1.14. The molecule has 0 fully saturated rings. The number of carbonyl (C=O) groups is 2. The number of halogens is 1. The van der Waals surface area contributed by atoms with E-state index in [0.717, 1.165) is 0 Å². The molecule has 0 radical (unpaired) electrons. The Bertz CT molecular complexity index is 412. The number of carbonyl (C=O) groups excluding carboxylic acids is 2. The second-order valence-electron chi connectivity index (χ2n) is 3.03. The predicted molar refractivity (Wildman–Crippen MR) is 63.6 cm³/mol. The van der Waals surface area contributed by atoms with Gasteiger partial charge in [-0.15, -0.1) is 0 Å². The molecule has 1 aromatic rings. The van der Waals surface area contributed by atoms with E-state index in [1.165, 1.54) is 7.05 Å². The highest BCUT2D eigenvalue weighted by Crippen LogP contribution is 2.14. The summed E-state index contributed by atoms with van der Waals surface area (Å²) in [5, 5.41) is 5.33. The van der Waals surface area contributed by atoms with Crippen molar-refractivity contribution in [3.05, 3.63) is 29.3 Å². The third-order valence-corrected chi connectivity index (χ3v) is 1.96. The van der Waals surface area contributed by atoms with Crippen LogP contribution in [0.3, 0.4) is 0 Å². The van der Waals surface area contributed by atoms with E-state index in [9.17, 15) is 9.59 Å². The summed E-state index contributed by atoms with van der Waals surface area (Å²) in [5.41, 5.74) is 2.59. The molecule has 7 heteroatoms. The van der Waals surface area contributed by atoms with Crippen molar-refractivity contribution in [3.63, 3.8) is 0 Å². The summed E-state index contributed by atoms with van der Waals surface area (Å²) < 4.78 is 0. The highest BCUT2D eigenvalue weighted by Gasteiger charge is 2.03. The van der Waals surface area contributed by atoms with Crippen LogP contribution < -0.4 is 16.1 Å². The first-order chi connectivity index (χ1) is 8.11. The summed E-state index contributed by atoms with van der Waals surface area (Å²) in [7, 11) is 1.47. The van der Waals surface area contributed by atoms with Crippen LogP contribution in [-0.4, -0.2) is 25.6 Å². The number of urea groups is 1. The average Bonchev–Trinajstić information content (AvgIpc) is 2.28. The van der Waals surface area contributed by atoms with Gasteiger partial charge in [-0.2, -0.15) is 0 Å². The third-order valence-electron chi connectivity index (χ3n) is 1.73. The molecule has 0 aliphatic carbocycles. The molecular weight excluding hydrogens is 246 g/mol. The second-order valence-corrected chi connectivity index (χ2v) is 3.46. The Morgan fingerprint density at radius 1 is 1.41 bits per heavy atom. The van der Waals surface area contributed by atoms with Gasteiger partial charge in [0.1, 0.15) is 0 Å². The number of likely N-dealkylation sites (N-methyl/N-ethyl adjacent to an activating group) is 1. The van der Waals surface area contributed by atoms with Gasteiger partial charge in [0.25, 0.3) is 0 Å². The molecule has 92 valence electrons. The molecule has 0 bridgehead atoms. The van der Waals surface area contributed by atoms with Crippen LogP contribution >= 0.6 is 11.6 Å². The van der Waals surface area contributed by atoms with Gasteiger partial charge in [0.05, 0.1) is 0 Å². The van der Waals surface area contributed by atoms with E-state index in [4.69, 9.17) is 11.6 Å². The molecule has 3 N–H and O–H groups in total. The zero-order valence-corrected chi connectivity index (χ0v) is 9.88. The standard InChI is InChI=1S/C10H12ClN3O3/c1-12-9(15)6-17-14-10(16)13-8-4-2-3-7(11)5-8/h2-5H,6H2,1H3,(H,12,15)(H2,13,14,16). The molecule has 17 heavy (non-hydrogen) atoms. The van der Waals surface area contributed by atoms with Gasteiger partial charge in [-0.05, 0) is 18.2 Å². The van der Waals surface area contributed by atoms with Crippen molar-refractivity contribution in [3.8, 4) is 0 Å².